The molecule has 10 nitrogen and oxygen atoms in total. The molecule has 0 aromatic heterocycles. The molecule has 6 N–H and O–H groups in total. The second kappa shape index (κ2) is 5.26. The molecular formula is C5H13O10P3. The highest BCUT2D eigenvalue weighted by Crippen LogP contribution is 2.83. The fourth-order valence-electron chi connectivity index (χ4n) is 0.981. The third-order valence-electron chi connectivity index (χ3n) is 1.65. The highest BCUT2D eigenvalue weighted by atomic mass is 31.3. The molecule has 0 heterocycles. The molecule has 0 spiro atoms. The number of hydrogen-bond donors (Lipinski definition) is 6. The van der Waals surface area contributed by atoms with Crippen LogP contribution in [0.25, 0.3) is 0 Å². The van der Waals surface area contributed by atoms with E-state index in [1.807, 2.05) is 0 Å². The molecule has 0 aliphatic carbocycles. The Balaban J connectivity index is 6.10. The number of ether oxygens (including phenoxy) is 1. The fraction of sp³-hybridized carbons (Fsp3) is 0.600. The van der Waals surface area contributed by atoms with Gasteiger partial charge in [-0.2, -0.15) is 0 Å². The second-order valence-corrected chi connectivity index (χ2v) is 9.66. The van der Waals surface area contributed by atoms with Crippen molar-refractivity contribution in [3.05, 3.63) is 12.2 Å². The fourth-order valence-corrected chi connectivity index (χ4v) is 5.75. The van der Waals surface area contributed by atoms with Gasteiger partial charge in [-0.25, -0.2) is 0 Å². The molecule has 0 unspecified atom stereocenters. The average molecular weight is 326 g/mol. The Labute approximate surface area is 102 Å². The van der Waals surface area contributed by atoms with E-state index in [-0.39, 0.29) is 5.57 Å². The summed E-state index contributed by atoms with van der Waals surface area (Å²) in [6, 6.07) is 0. The lowest BCUT2D eigenvalue weighted by molar-refractivity contribution is 0.0832. The molecule has 0 aliphatic rings. The van der Waals surface area contributed by atoms with Crippen molar-refractivity contribution in [2.24, 2.45) is 0 Å². The summed E-state index contributed by atoms with van der Waals surface area (Å²) >= 11 is 0. The van der Waals surface area contributed by atoms with Gasteiger partial charge in [0, 0.05) is 0 Å². The molecule has 18 heavy (non-hydrogen) atoms. The molecule has 0 saturated carbocycles. The summed E-state index contributed by atoms with van der Waals surface area (Å²) in [5.41, 5.74) is 0.0507. The van der Waals surface area contributed by atoms with E-state index in [9.17, 15) is 13.7 Å². The summed E-state index contributed by atoms with van der Waals surface area (Å²) in [6.45, 7) is 3.64. The summed E-state index contributed by atoms with van der Waals surface area (Å²) in [6.07, 6.45) is 0. The van der Waals surface area contributed by atoms with Crippen molar-refractivity contribution in [2.75, 3.05) is 6.61 Å². The van der Waals surface area contributed by atoms with Crippen LogP contribution >= 0.6 is 22.8 Å². The van der Waals surface area contributed by atoms with E-state index >= 15 is 0 Å². The van der Waals surface area contributed by atoms with Crippen LogP contribution in [-0.4, -0.2) is 40.8 Å². The normalized spacial score (nSPS) is 14.6. The molecular weight excluding hydrogens is 313 g/mol. The average Bonchev–Trinajstić information content (AvgIpc) is 1.94. The monoisotopic (exact) mass is 326 g/mol. The summed E-state index contributed by atoms with van der Waals surface area (Å²) in [7, 11) is -18.0. The number of hydrogen-bond acceptors (Lipinski definition) is 4. The first kappa shape index (κ1) is 18.1. The highest BCUT2D eigenvalue weighted by Gasteiger charge is 2.73. The summed E-state index contributed by atoms with van der Waals surface area (Å²) in [5, 5.41) is 0. The zero-order chi connectivity index (χ0) is 15.0. The minimum absolute atomic E-state index is 0.0507. The van der Waals surface area contributed by atoms with E-state index in [0.29, 0.717) is 0 Å². The Kier molecular flexibility index (Phi) is 5.31. The largest absolute Gasteiger partial charge is 0.382 e. The molecule has 0 aliphatic heterocycles. The van der Waals surface area contributed by atoms with E-state index in [4.69, 9.17) is 29.4 Å². The van der Waals surface area contributed by atoms with E-state index in [2.05, 4.69) is 11.3 Å². The Morgan fingerprint density at radius 2 is 1.28 bits per heavy atom. The molecule has 13 heteroatoms. The van der Waals surface area contributed by atoms with Crippen molar-refractivity contribution >= 4 is 22.8 Å². The van der Waals surface area contributed by atoms with Gasteiger partial charge in [-0.05, 0) is 6.92 Å². The Bertz CT molecular complexity index is 409. The standard InChI is InChI=1S/C5H13O10P3/c1-4(2)3-15-5(16(6,7)8,17(9,10)11)18(12,13)14/h1,3H2,2H3,(H2,6,7,8)(H2,9,10,11)(H2,12,13,14). The van der Waals surface area contributed by atoms with Crippen LogP contribution in [0.5, 0.6) is 0 Å². The van der Waals surface area contributed by atoms with Crippen molar-refractivity contribution in [1.29, 1.82) is 0 Å². The molecule has 0 aromatic carbocycles. The van der Waals surface area contributed by atoms with Gasteiger partial charge in [0.15, 0.2) is 0 Å². The predicted octanol–water partition coefficient (Wildman–Crippen LogP) is -0.277. The summed E-state index contributed by atoms with van der Waals surface area (Å²) < 4.78 is 37.5. The second-order valence-electron chi connectivity index (χ2n) is 3.45. The molecule has 0 fully saturated rings. The van der Waals surface area contributed by atoms with Crippen LogP contribution in [0.3, 0.4) is 0 Å². The van der Waals surface area contributed by atoms with E-state index in [1.165, 1.54) is 6.92 Å². The van der Waals surface area contributed by atoms with Gasteiger partial charge in [-0.1, -0.05) is 12.2 Å². The lowest BCUT2D eigenvalue weighted by atomic mass is 10.4. The summed E-state index contributed by atoms with van der Waals surface area (Å²) in [4.78, 5) is 49.1. The summed E-state index contributed by atoms with van der Waals surface area (Å²) in [5.74, 6) is 0. The van der Waals surface area contributed by atoms with Crippen molar-refractivity contribution in [3.63, 3.8) is 0 Å². The van der Waals surface area contributed by atoms with Crippen LogP contribution in [0.4, 0.5) is 0 Å². The Hall–Kier alpha value is 0.150. The zero-order valence-corrected chi connectivity index (χ0v) is 11.8. The van der Waals surface area contributed by atoms with E-state index in [1.54, 1.807) is 0 Å². The zero-order valence-electron chi connectivity index (χ0n) is 9.07. The van der Waals surface area contributed by atoms with Crippen molar-refractivity contribution in [1.82, 2.24) is 0 Å². The van der Waals surface area contributed by atoms with E-state index < -0.39 is 34.2 Å². The van der Waals surface area contributed by atoms with Gasteiger partial charge in [-0.15, -0.1) is 0 Å². The van der Waals surface area contributed by atoms with Gasteiger partial charge in [0.25, 0.3) is 0 Å². The first-order valence-electron chi connectivity index (χ1n) is 4.12. The minimum atomic E-state index is -6.00. The van der Waals surface area contributed by atoms with Crippen LogP contribution in [0.15, 0.2) is 12.2 Å². The molecule has 0 rings (SSSR count). The van der Waals surface area contributed by atoms with Gasteiger partial charge in [0.05, 0.1) is 6.61 Å². The molecule has 0 atom stereocenters. The maximum Gasteiger partial charge on any atom is 0.382 e. The van der Waals surface area contributed by atoms with Crippen molar-refractivity contribution in [3.8, 4) is 0 Å². The lowest BCUT2D eigenvalue weighted by Gasteiger charge is -2.34. The van der Waals surface area contributed by atoms with Gasteiger partial charge in [0.1, 0.15) is 0 Å². The molecule has 0 radical (unpaired) electrons. The van der Waals surface area contributed by atoms with Crippen LogP contribution in [0, 0.1) is 0 Å². The van der Waals surface area contributed by atoms with Crippen molar-refractivity contribution in [2.45, 2.75) is 11.7 Å². The maximum atomic E-state index is 11.1. The highest BCUT2D eigenvalue weighted by molar-refractivity contribution is 7.88. The van der Waals surface area contributed by atoms with Gasteiger partial charge < -0.3 is 34.1 Å². The van der Waals surface area contributed by atoms with E-state index in [0.717, 1.165) is 0 Å². The predicted molar refractivity (Wildman–Crippen MR) is 59.6 cm³/mol. The smallest absolute Gasteiger partial charge is 0.338 e. The third-order valence-corrected chi connectivity index (χ3v) is 9.00. The molecule has 0 aromatic rings. The quantitative estimate of drug-likeness (QED) is 0.280. The molecule has 108 valence electrons. The van der Waals surface area contributed by atoms with Crippen molar-refractivity contribution < 1.29 is 47.8 Å². The van der Waals surface area contributed by atoms with Crippen LogP contribution < -0.4 is 0 Å². The topological polar surface area (TPSA) is 182 Å². The first-order chi connectivity index (χ1) is 7.67. The Morgan fingerprint density at radius 3 is 1.44 bits per heavy atom. The maximum absolute atomic E-state index is 11.1. The lowest BCUT2D eigenvalue weighted by Crippen LogP contribution is -2.33. The van der Waals surface area contributed by atoms with Gasteiger partial charge in [0.2, 0.25) is 0 Å². The first-order valence-corrected chi connectivity index (χ1v) is 8.96. The van der Waals surface area contributed by atoms with Gasteiger partial charge >= 0.3 is 27.6 Å². The minimum Gasteiger partial charge on any atom is -0.338 e. The van der Waals surface area contributed by atoms with Gasteiger partial charge in [-0.3, -0.25) is 13.7 Å². The third kappa shape index (κ3) is 3.37. The van der Waals surface area contributed by atoms with Crippen LogP contribution in [0.2, 0.25) is 0 Å². The van der Waals surface area contributed by atoms with Crippen LogP contribution in [-0.2, 0) is 18.4 Å². The molecule has 0 amide bonds. The molecule has 0 saturated heterocycles. The SMILES string of the molecule is C=C(C)COC(P(=O)(O)O)(P(=O)(O)O)P(=O)(O)O. The number of rotatable bonds is 6. The Morgan fingerprint density at radius 1 is 1.00 bits per heavy atom. The molecule has 0 bridgehead atoms. The van der Waals surface area contributed by atoms with Crippen LogP contribution in [0.1, 0.15) is 6.92 Å².